The van der Waals surface area contributed by atoms with Crippen LogP contribution in [0.15, 0.2) is 55.0 Å². The SMILES string of the molecule is CCc1ccc(CN(CC)CCNC(=O)c2ccn3ccnc3c2)cc1. The number of nitrogens with one attached hydrogen (secondary N) is 1. The molecule has 3 aromatic rings. The number of carbonyl (C=O) groups is 1. The number of likely N-dealkylation sites (N-methyl/N-ethyl adjacent to an activating group) is 1. The first kappa shape index (κ1) is 18.1. The molecule has 0 aliphatic carbocycles. The Bertz CT molecular complexity index is 854. The van der Waals surface area contributed by atoms with Gasteiger partial charge < -0.3 is 9.72 Å². The molecule has 1 aromatic carbocycles. The summed E-state index contributed by atoms with van der Waals surface area (Å²) in [5.41, 5.74) is 4.09. The molecule has 0 fully saturated rings. The van der Waals surface area contributed by atoms with Crippen LogP contribution in [0.5, 0.6) is 0 Å². The molecule has 2 aromatic heterocycles. The minimum atomic E-state index is -0.0566. The molecule has 0 aliphatic rings. The molecule has 0 bridgehead atoms. The number of pyridine rings is 1. The van der Waals surface area contributed by atoms with Gasteiger partial charge in [0, 0.05) is 43.8 Å². The van der Waals surface area contributed by atoms with Crippen LogP contribution in [-0.4, -0.2) is 39.8 Å². The Labute approximate surface area is 154 Å². The van der Waals surface area contributed by atoms with Crippen molar-refractivity contribution in [3.63, 3.8) is 0 Å². The first-order valence-electron chi connectivity index (χ1n) is 9.20. The van der Waals surface area contributed by atoms with Crippen molar-refractivity contribution in [2.45, 2.75) is 26.8 Å². The van der Waals surface area contributed by atoms with E-state index in [0.29, 0.717) is 12.1 Å². The largest absolute Gasteiger partial charge is 0.351 e. The Kier molecular flexibility index (Phi) is 6.02. The summed E-state index contributed by atoms with van der Waals surface area (Å²) in [6, 6.07) is 12.4. The van der Waals surface area contributed by atoms with Crippen LogP contribution in [0.25, 0.3) is 5.65 Å². The monoisotopic (exact) mass is 350 g/mol. The minimum absolute atomic E-state index is 0.0566. The van der Waals surface area contributed by atoms with Gasteiger partial charge in [-0.3, -0.25) is 9.69 Å². The zero-order valence-electron chi connectivity index (χ0n) is 15.5. The number of hydrogen-bond donors (Lipinski definition) is 1. The van der Waals surface area contributed by atoms with Crippen molar-refractivity contribution >= 4 is 11.6 Å². The fourth-order valence-electron chi connectivity index (χ4n) is 2.97. The molecule has 0 aliphatic heterocycles. The summed E-state index contributed by atoms with van der Waals surface area (Å²) < 4.78 is 1.89. The molecule has 26 heavy (non-hydrogen) atoms. The van der Waals surface area contributed by atoms with Crippen molar-refractivity contribution in [3.05, 3.63) is 71.7 Å². The second-order valence-corrected chi connectivity index (χ2v) is 6.40. The molecule has 0 unspecified atom stereocenters. The van der Waals surface area contributed by atoms with Gasteiger partial charge in [0.05, 0.1) is 0 Å². The van der Waals surface area contributed by atoms with E-state index in [1.165, 1.54) is 11.1 Å². The summed E-state index contributed by atoms with van der Waals surface area (Å²) in [5, 5.41) is 3.01. The number of fused-ring (bicyclic) bond motifs is 1. The van der Waals surface area contributed by atoms with E-state index >= 15 is 0 Å². The lowest BCUT2D eigenvalue weighted by Crippen LogP contribution is -2.34. The molecule has 5 nitrogen and oxygen atoms in total. The maximum absolute atomic E-state index is 12.3. The molecule has 0 spiro atoms. The Balaban J connectivity index is 1.50. The summed E-state index contributed by atoms with van der Waals surface area (Å²) in [6.45, 7) is 7.61. The number of imidazole rings is 1. The van der Waals surface area contributed by atoms with Crippen LogP contribution in [0.3, 0.4) is 0 Å². The van der Waals surface area contributed by atoms with Crippen molar-refractivity contribution in [2.24, 2.45) is 0 Å². The normalized spacial score (nSPS) is 11.2. The van der Waals surface area contributed by atoms with Crippen molar-refractivity contribution in [1.29, 1.82) is 0 Å². The van der Waals surface area contributed by atoms with Crippen molar-refractivity contribution < 1.29 is 4.79 Å². The van der Waals surface area contributed by atoms with Crippen LogP contribution in [0.2, 0.25) is 0 Å². The number of benzene rings is 1. The second kappa shape index (κ2) is 8.63. The van der Waals surface area contributed by atoms with Crippen molar-refractivity contribution in [1.82, 2.24) is 19.6 Å². The van der Waals surface area contributed by atoms with E-state index in [2.05, 4.69) is 53.3 Å². The number of aromatic nitrogens is 2. The first-order valence-corrected chi connectivity index (χ1v) is 9.20. The van der Waals surface area contributed by atoms with Gasteiger partial charge in [0.2, 0.25) is 0 Å². The highest BCUT2D eigenvalue weighted by Gasteiger charge is 2.08. The zero-order chi connectivity index (χ0) is 18.4. The molecule has 1 N–H and O–H groups in total. The summed E-state index contributed by atoms with van der Waals surface area (Å²) in [7, 11) is 0. The van der Waals surface area contributed by atoms with E-state index in [-0.39, 0.29) is 5.91 Å². The summed E-state index contributed by atoms with van der Waals surface area (Å²) in [4.78, 5) is 18.9. The van der Waals surface area contributed by atoms with E-state index in [9.17, 15) is 4.79 Å². The van der Waals surface area contributed by atoms with Crippen LogP contribution in [0.4, 0.5) is 0 Å². The summed E-state index contributed by atoms with van der Waals surface area (Å²) >= 11 is 0. The third kappa shape index (κ3) is 4.49. The molecule has 0 radical (unpaired) electrons. The molecule has 1 amide bonds. The predicted molar refractivity (Wildman–Crippen MR) is 104 cm³/mol. The van der Waals surface area contributed by atoms with Gasteiger partial charge in [0.15, 0.2) is 0 Å². The van der Waals surface area contributed by atoms with Crippen LogP contribution in [-0.2, 0) is 13.0 Å². The Morgan fingerprint density at radius 2 is 1.88 bits per heavy atom. The van der Waals surface area contributed by atoms with Gasteiger partial charge in [-0.05, 0) is 36.2 Å². The summed E-state index contributed by atoms with van der Waals surface area (Å²) in [5.74, 6) is -0.0566. The highest BCUT2D eigenvalue weighted by Crippen LogP contribution is 2.08. The molecule has 0 atom stereocenters. The maximum Gasteiger partial charge on any atom is 0.251 e. The molecule has 0 saturated carbocycles. The topological polar surface area (TPSA) is 49.6 Å². The number of hydrogen-bond acceptors (Lipinski definition) is 3. The number of rotatable bonds is 8. The average molecular weight is 350 g/mol. The fraction of sp³-hybridized carbons (Fsp3) is 0.333. The minimum Gasteiger partial charge on any atom is -0.351 e. The zero-order valence-corrected chi connectivity index (χ0v) is 15.5. The molecular formula is C21H26N4O. The van der Waals surface area contributed by atoms with Gasteiger partial charge in [0.25, 0.3) is 5.91 Å². The quantitative estimate of drug-likeness (QED) is 0.679. The Morgan fingerprint density at radius 1 is 1.12 bits per heavy atom. The number of amides is 1. The van der Waals surface area contributed by atoms with E-state index < -0.39 is 0 Å². The highest BCUT2D eigenvalue weighted by atomic mass is 16.1. The lowest BCUT2D eigenvalue weighted by Gasteiger charge is -2.21. The molecule has 2 heterocycles. The van der Waals surface area contributed by atoms with Crippen molar-refractivity contribution in [2.75, 3.05) is 19.6 Å². The Hall–Kier alpha value is -2.66. The lowest BCUT2D eigenvalue weighted by molar-refractivity contribution is 0.0948. The number of aryl methyl sites for hydroxylation is 1. The van der Waals surface area contributed by atoms with Crippen LogP contribution in [0, 0.1) is 0 Å². The first-order chi connectivity index (χ1) is 12.7. The van der Waals surface area contributed by atoms with Gasteiger partial charge >= 0.3 is 0 Å². The molecular weight excluding hydrogens is 324 g/mol. The van der Waals surface area contributed by atoms with E-state index in [0.717, 1.165) is 31.7 Å². The smallest absolute Gasteiger partial charge is 0.251 e. The van der Waals surface area contributed by atoms with E-state index in [1.54, 1.807) is 6.20 Å². The molecule has 136 valence electrons. The van der Waals surface area contributed by atoms with Gasteiger partial charge in [-0.1, -0.05) is 38.1 Å². The Morgan fingerprint density at radius 3 is 2.62 bits per heavy atom. The van der Waals surface area contributed by atoms with Gasteiger partial charge in [0.1, 0.15) is 5.65 Å². The third-order valence-corrected chi connectivity index (χ3v) is 4.66. The van der Waals surface area contributed by atoms with Crippen molar-refractivity contribution in [3.8, 4) is 0 Å². The molecule has 0 saturated heterocycles. The highest BCUT2D eigenvalue weighted by molar-refractivity contribution is 5.94. The predicted octanol–water partition coefficient (Wildman–Crippen LogP) is 3.15. The summed E-state index contributed by atoms with van der Waals surface area (Å²) in [6.07, 6.45) is 6.51. The number of carbonyl (C=O) groups excluding carboxylic acids is 1. The van der Waals surface area contributed by atoms with E-state index in [4.69, 9.17) is 0 Å². The number of nitrogens with zero attached hydrogens (tertiary/aromatic N) is 3. The van der Waals surface area contributed by atoms with Gasteiger partial charge in [-0.2, -0.15) is 0 Å². The van der Waals surface area contributed by atoms with Crippen LogP contribution >= 0.6 is 0 Å². The maximum atomic E-state index is 12.3. The van der Waals surface area contributed by atoms with Gasteiger partial charge in [-0.25, -0.2) is 4.98 Å². The lowest BCUT2D eigenvalue weighted by atomic mass is 10.1. The van der Waals surface area contributed by atoms with Crippen LogP contribution < -0.4 is 5.32 Å². The fourth-order valence-corrected chi connectivity index (χ4v) is 2.97. The standard InChI is InChI=1S/C21H26N4O/c1-3-17-5-7-18(8-6-17)16-24(4-2)13-10-23-21(26)19-9-12-25-14-11-22-20(25)15-19/h5-9,11-12,14-15H,3-4,10,13,16H2,1-2H3,(H,23,26). The average Bonchev–Trinajstić information content (AvgIpc) is 3.15. The van der Waals surface area contributed by atoms with E-state index in [1.807, 2.05) is 28.9 Å². The molecule has 5 heteroatoms. The third-order valence-electron chi connectivity index (χ3n) is 4.66. The molecule has 3 rings (SSSR count). The van der Waals surface area contributed by atoms with Crippen LogP contribution in [0.1, 0.15) is 35.3 Å². The van der Waals surface area contributed by atoms with Gasteiger partial charge in [-0.15, -0.1) is 0 Å². The second-order valence-electron chi connectivity index (χ2n) is 6.40.